The quantitative estimate of drug-likeness (QED) is 0.243. The molecule has 2 rings (SSSR count). The largest absolute Gasteiger partial charge is 0.350 e. The molecule has 154 valence electrons. The van der Waals surface area contributed by atoms with Gasteiger partial charge in [0, 0.05) is 31.1 Å². The maximum Gasteiger partial charge on any atom is 0.272 e. The van der Waals surface area contributed by atoms with Crippen molar-refractivity contribution in [1.29, 1.82) is 0 Å². The number of hydroxylamine groups is 1. The Balaban J connectivity index is 1.91. The molecule has 1 heterocycles. The number of hydrogen-bond acceptors (Lipinski definition) is 7. The molecule has 4 N–H and O–H groups in total. The van der Waals surface area contributed by atoms with E-state index in [4.69, 9.17) is 5.21 Å². The molecule has 1 aromatic heterocycles. The van der Waals surface area contributed by atoms with Gasteiger partial charge in [-0.15, -0.1) is 0 Å². The van der Waals surface area contributed by atoms with Crippen LogP contribution in [0.5, 0.6) is 0 Å². The highest BCUT2D eigenvalue weighted by atomic mass is 32.2. The Morgan fingerprint density at radius 2 is 1.93 bits per heavy atom. The van der Waals surface area contributed by atoms with Gasteiger partial charge in [0.25, 0.3) is 5.91 Å². The first-order chi connectivity index (χ1) is 14.1. The molecule has 2 aromatic rings. The summed E-state index contributed by atoms with van der Waals surface area (Å²) in [6, 6.07) is 8.68. The minimum Gasteiger partial charge on any atom is -0.350 e. The van der Waals surface area contributed by atoms with Crippen LogP contribution in [0.3, 0.4) is 0 Å². The van der Waals surface area contributed by atoms with Crippen LogP contribution in [0, 0.1) is 0 Å². The predicted molar refractivity (Wildman–Crippen MR) is 108 cm³/mol. The molecule has 0 fully saturated rings. The van der Waals surface area contributed by atoms with Gasteiger partial charge >= 0.3 is 0 Å². The third kappa shape index (κ3) is 8.28. The molecule has 1 atom stereocenters. The molecule has 0 radical (unpaired) electrons. The summed E-state index contributed by atoms with van der Waals surface area (Å²) in [5.74, 6) is -0.340. The van der Waals surface area contributed by atoms with Crippen LogP contribution in [0.4, 0.5) is 0 Å². The Hall–Kier alpha value is -2.98. The van der Waals surface area contributed by atoms with E-state index in [1.807, 2.05) is 30.3 Å². The molecule has 0 spiro atoms. The molecule has 0 bridgehead atoms. The molecule has 0 aliphatic heterocycles. The Labute approximate surface area is 172 Å². The summed E-state index contributed by atoms with van der Waals surface area (Å²) < 4.78 is 0. The number of hydrogen-bond donors (Lipinski definition) is 4. The van der Waals surface area contributed by atoms with E-state index in [0.29, 0.717) is 24.5 Å². The second-order valence-electron chi connectivity index (χ2n) is 6.03. The van der Waals surface area contributed by atoms with Crippen molar-refractivity contribution in [2.45, 2.75) is 25.4 Å². The Kier molecular flexibility index (Phi) is 9.60. The number of thioether (sulfide) groups is 1. The number of carbonyl (C=O) groups is 3. The summed E-state index contributed by atoms with van der Waals surface area (Å²) in [6.07, 6.45) is 4.91. The van der Waals surface area contributed by atoms with Gasteiger partial charge in [0.05, 0.1) is 6.20 Å². The van der Waals surface area contributed by atoms with Gasteiger partial charge in [-0.25, -0.2) is 10.5 Å². The normalized spacial score (nSPS) is 11.3. The van der Waals surface area contributed by atoms with Gasteiger partial charge in [-0.3, -0.25) is 24.6 Å². The lowest BCUT2D eigenvalue weighted by molar-refractivity contribution is -0.129. The zero-order valence-corrected chi connectivity index (χ0v) is 16.5. The number of nitrogens with one attached hydrogen (secondary N) is 3. The summed E-state index contributed by atoms with van der Waals surface area (Å²) in [7, 11) is 0. The molecule has 0 aliphatic rings. The van der Waals surface area contributed by atoms with Crippen LogP contribution in [-0.2, 0) is 16.1 Å². The third-order valence-corrected chi connectivity index (χ3v) is 4.98. The van der Waals surface area contributed by atoms with Gasteiger partial charge in [0.2, 0.25) is 11.8 Å². The van der Waals surface area contributed by atoms with Crippen molar-refractivity contribution in [2.75, 3.05) is 11.5 Å². The van der Waals surface area contributed by atoms with E-state index < -0.39 is 17.9 Å². The van der Waals surface area contributed by atoms with E-state index in [9.17, 15) is 14.4 Å². The number of carbonyl (C=O) groups excluding carboxylic acids is 3. The maximum atomic E-state index is 12.6. The average Bonchev–Trinajstić information content (AvgIpc) is 2.77. The molecular formula is C19H23N5O4S. The van der Waals surface area contributed by atoms with Crippen molar-refractivity contribution >= 4 is 29.5 Å². The Bertz CT molecular complexity index is 792. The minimum atomic E-state index is -0.773. The first-order valence-corrected chi connectivity index (χ1v) is 10.1. The average molecular weight is 417 g/mol. The number of benzene rings is 1. The second kappa shape index (κ2) is 12.5. The zero-order chi connectivity index (χ0) is 20.9. The number of amides is 3. The zero-order valence-electron chi connectivity index (χ0n) is 15.7. The van der Waals surface area contributed by atoms with Gasteiger partial charge < -0.3 is 10.6 Å². The lowest BCUT2D eigenvalue weighted by Gasteiger charge is -2.18. The number of rotatable bonds is 11. The van der Waals surface area contributed by atoms with E-state index in [1.54, 1.807) is 5.48 Å². The highest BCUT2D eigenvalue weighted by Crippen LogP contribution is 2.08. The van der Waals surface area contributed by atoms with Crippen LogP contribution in [-0.4, -0.2) is 50.4 Å². The van der Waals surface area contributed by atoms with Crippen molar-refractivity contribution in [2.24, 2.45) is 0 Å². The molecule has 29 heavy (non-hydrogen) atoms. The van der Waals surface area contributed by atoms with Crippen LogP contribution < -0.4 is 16.1 Å². The van der Waals surface area contributed by atoms with E-state index in [2.05, 4.69) is 20.6 Å². The van der Waals surface area contributed by atoms with Crippen LogP contribution in [0.2, 0.25) is 0 Å². The highest BCUT2D eigenvalue weighted by Gasteiger charge is 2.22. The van der Waals surface area contributed by atoms with E-state index in [-0.39, 0.29) is 18.0 Å². The molecule has 3 amide bonds. The van der Waals surface area contributed by atoms with E-state index in [1.165, 1.54) is 30.4 Å². The summed E-state index contributed by atoms with van der Waals surface area (Å²) in [5.41, 5.74) is 2.65. The first-order valence-electron chi connectivity index (χ1n) is 8.99. The maximum absolute atomic E-state index is 12.6. The van der Waals surface area contributed by atoms with Crippen LogP contribution in [0.15, 0.2) is 48.9 Å². The minimum absolute atomic E-state index is 0.123. The lowest BCUT2D eigenvalue weighted by atomic mass is 10.2. The van der Waals surface area contributed by atoms with Crippen molar-refractivity contribution < 1.29 is 19.6 Å². The third-order valence-electron chi connectivity index (χ3n) is 3.83. The number of nitrogens with zero attached hydrogens (tertiary/aromatic N) is 2. The highest BCUT2D eigenvalue weighted by molar-refractivity contribution is 7.99. The molecule has 9 nitrogen and oxygen atoms in total. The fourth-order valence-electron chi connectivity index (χ4n) is 2.33. The first kappa shape index (κ1) is 22.3. The standard InChI is InChI=1S/C19H23N5O4S/c25-17(24-28)7-4-10-29-13-16(23-19(27)15-12-20-8-9-21-15)18(26)22-11-14-5-2-1-3-6-14/h1-3,5-6,8-9,12,16,28H,4,7,10-11,13H2,(H,22,26)(H,23,27)(H,24,25)/t16-/m0/s1. The fourth-order valence-corrected chi connectivity index (χ4v) is 3.32. The predicted octanol–water partition coefficient (Wildman–Crippen LogP) is 0.910. The van der Waals surface area contributed by atoms with Crippen LogP contribution in [0.25, 0.3) is 0 Å². The Morgan fingerprint density at radius 1 is 1.14 bits per heavy atom. The molecule has 0 saturated heterocycles. The molecule has 0 aliphatic carbocycles. The van der Waals surface area contributed by atoms with Crippen molar-refractivity contribution in [1.82, 2.24) is 26.1 Å². The number of aromatic nitrogens is 2. The Morgan fingerprint density at radius 3 is 2.62 bits per heavy atom. The SMILES string of the molecule is O=C(CCCSC[C@H](NC(=O)c1cnccn1)C(=O)NCc1ccccc1)NO. The van der Waals surface area contributed by atoms with Crippen molar-refractivity contribution in [3.63, 3.8) is 0 Å². The van der Waals surface area contributed by atoms with E-state index in [0.717, 1.165) is 5.56 Å². The molecular weight excluding hydrogens is 394 g/mol. The van der Waals surface area contributed by atoms with Crippen LogP contribution >= 0.6 is 11.8 Å². The van der Waals surface area contributed by atoms with Crippen molar-refractivity contribution in [3.8, 4) is 0 Å². The van der Waals surface area contributed by atoms with Gasteiger partial charge in [-0.1, -0.05) is 30.3 Å². The lowest BCUT2D eigenvalue weighted by Crippen LogP contribution is -2.48. The smallest absolute Gasteiger partial charge is 0.272 e. The van der Waals surface area contributed by atoms with Gasteiger partial charge in [-0.05, 0) is 17.7 Å². The van der Waals surface area contributed by atoms with Gasteiger partial charge in [0.15, 0.2) is 0 Å². The monoisotopic (exact) mass is 417 g/mol. The summed E-state index contributed by atoms with van der Waals surface area (Å²) in [6.45, 7) is 0.346. The topological polar surface area (TPSA) is 133 Å². The summed E-state index contributed by atoms with van der Waals surface area (Å²) in [5, 5.41) is 14.0. The van der Waals surface area contributed by atoms with Crippen LogP contribution in [0.1, 0.15) is 28.9 Å². The van der Waals surface area contributed by atoms with Crippen molar-refractivity contribution in [3.05, 3.63) is 60.2 Å². The molecule has 1 aromatic carbocycles. The molecule has 10 heteroatoms. The van der Waals surface area contributed by atoms with Gasteiger partial charge in [0.1, 0.15) is 11.7 Å². The molecule has 0 saturated carbocycles. The summed E-state index contributed by atoms with van der Waals surface area (Å²) in [4.78, 5) is 43.8. The van der Waals surface area contributed by atoms with Gasteiger partial charge in [-0.2, -0.15) is 11.8 Å². The second-order valence-corrected chi connectivity index (χ2v) is 7.18. The fraction of sp³-hybridized carbons (Fsp3) is 0.316. The summed E-state index contributed by atoms with van der Waals surface area (Å²) >= 11 is 1.43. The van der Waals surface area contributed by atoms with E-state index >= 15 is 0 Å². The molecule has 0 unspecified atom stereocenters.